The Morgan fingerprint density at radius 3 is 2.30 bits per heavy atom. The van der Waals surface area contributed by atoms with Crippen molar-refractivity contribution in [3.63, 3.8) is 0 Å². The molecule has 9 heteroatoms. The second-order valence-corrected chi connectivity index (χ2v) is 8.23. The fraction of sp³-hybridized carbons (Fsp3) is 0.278. The molecule has 0 aliphatic carbocycles. The molecule has 0 N–H and O–H groups in total. The average Bonchev–Trinajstić information content (AvgIpc) is 2.65. The monoisotopic (exact) mass is 413 g/mol. The van der Waals surface area contributed by atoms with Crippen molar-refractivity contribution in [2.24, 2.45) is 0 Å². The smallest absolute Gasteiger partial charge is 0.338 e. The summed E-state index contributed by atoms with van der Waals surface area (Å²) in [5.41, 5.74) is 0.774. The van der Waals surface area contributed by atoms with E-state index >= 15 is 0 Å². The summed E-state index contributed by atoms with van der Waals surface area (Å²) >= 11 is 5.98. The molecule has 0 aromatic heterocycles. The van der Waals surface area contributed by atoms with Gasteiger partial charge in [0.2, 0.25) is 10.0 Å². The van der Waals surface area contributed by atoms with Gasteiger partial charge in [0.1, 0.15) is 11.5 Å². The maximum atomic E-state index is 12.3. The van der Waals surface area contributed by atoms with Gasteiger partial charge in [-0.05, 0) is 35.9 Å². The molecule has 7 nitrogen and oxygen atoms in total. The summed E-state index contributed by atoms with van der Waals surface area (Å²) in [4.78, 5) is 12.2. The van der Waals surface area contributed by atoms with Gasteiger partial charge in [0.25, 0.3) is 0 Å². The van der Waals surface area contributed by atoms with Crippen LogP contribution in [0.3, 0.4) is 0 Å². The largest absolute Gasteiger partial charge is 0.493 e. The molecular weight excluding hydrogens is 394 g/mol. The van der Waals surface area contributed by atoms with Crippen molar-refractivity contribution in [2.75, 3.05) is 28.3 Å². The van der Waals surface area contributed by atoms with E-state index in [1.165, 1.54) is 46.5 Å². The highest BCUT2D eigenvalue weighted by molar-refractivity contribution is 7.89. The van der Waals surface area contributed by atoms with Crippen molar-refractivity contribution in [3.8, 4) is 11.5 Å². The first-order valence-electron chi connectivity index (χ1n) is 7.80. The topological polar surface area (TPSA) is 82.1 Å². The van der Waals surface area contributed by atoms with Crippen molar-refractivity contribution >= 4 is 27.6 Å². The first-order chi connectivity index (χ1) is 12.7. The Bertz CT molecular complexity index is 943. The van der Waals surface area contributed by atoms with Gasteiger partial charge in [0.15, 0.2) is 11.5 Å². The first-order valence-corrected chi connectivity index (χ1v) is 9.62. The lowest BCUT2D eigenvalue weighted by atomic mass is 10.2. The van der Waals surface area contributed by atoms with Crippen LogP contribution in [0.1, 0.15) is 15.9 Å². The minimum atomic E-state index is -3.78. The van der Waals surface area contributed by atoms with Gasteiger partial charge >= 0.3 is 5.97 Å². The summed E-state index contributed by atoms with van der Waals surface area (Å²) < 4.78 is 41.3. The van der Waals surface area contributed by atoms with Crippen LogP contribution in [0.2, 0.25) is 5.02 Å². The van der Waals surface area contributed by atoms with E-state index in [1.807, 2.05) is 0 Å². The minimum absolute atomic E-state index is 0.0163. The Hall–Kier alpha value is -2.29. The summed E-state index contributed by atoms with van der Waals surface area (Å²) in [6.45, 7) is -0.0163. The zero-order valence-corrected chi connectivity index (χ0v) is 16.9. The molecular formula is C18H20ClNO6S. The van der Waals surface area contributed by atoms with Crippen LogP contribution < -0.4 is 9.47 Å². The Labute approximate surface area is 163 Å². The van der Waals surface area contributed by atoms with Gasteiger partial charge in [-0.3, -0.25) is 0 Å². The lowest BCUT2D eigenvalue weighted by Gasteiger charge is -2.14. The molecule has 2 rings (SSSR count). The number of nitrogens with zero attached hydrogens (tertiary/aromatic N) is 1. The molecule has 0 spiro atoms. The number of carbonyl (C=O) groups excluding carboxylic acids is 1. The van der Waals surface area contributed by atoms with E-state index in [1.54, 1.807) is 18.2 Å². The number of methoxy groups -OCH3 is 2. The van der Waals surface area contributed by atoms with Gasteiger partial charge in [-0.25, -0.2) is 17.5 Å². The average molecular weight is 414 g/mol. The van der Waals surface area contributed by atoms with E-state index in [0.29, 0.717) is 17.1 Å². The summed E-state index contributed by atoms with van der Waals surface area (Å²) in [5.74, 6) is 0.400. The van der Waals surface area contributed by atoms with Crippen LogP contribution in [0, 0.1) is 0 Å². The number of rotatable bonds is 7. The second-order valence-electron chi connectivity index (χ2n) is 5.70. The lowest BCUT2D eigenvalue weighted by Crippen LogP contribution is -2.23. The highest BCUT2D eigenvalue weighted by Crippen LogP contribution is 2.28. The normalized spacial score (nSPS) is 11.3. The number of carbonyl (C=O) groups is 1. The third kappa shape index (κ3) is 4.71. The molecule has 0 atom stereocenters. The number of halogens is 1. The van der Waals surface area contributed by atoms with Gasteiger partial charge in [-0.1, -0.05) is 17.7 Å². The molecule has 0 aliphatic heterocycles. The Morgan fingerprint density at radius 2 is 1.70 bits per heavy atom. The second kappa shape index (κ2) is 8.60. The zero-order valence-electron chi connectivity index (χ0n) is 15.4. The van der Waals surface area contributed by atoms with Crippen LogP contribution in [0.4, 0.5) is 0 Å². The molecule has 0 saturated heterocycles. The van der Waals surface area contributed by atoms with E-state index in [4.69, 9.17) is 25.8 Å². The van der Waals surface area contributed by atoms with E-state index in [9.17, 15) is 13.2 Å². The summed E-state index contributed by atoms with van der Waals surface area (Å²) in [7, 11) is 2.01. The van der Waals surface area contributed by atoms with Crippen molar-refractivity contribution in [1.29, 1.82) is 0 Å². The van der Waals surface area contributed by atoms with Crippen LogP contribution in [-0.2, 0) is 21.4 Å². The van der Waals surface area contributed by atoms with Gasteiger partial charge in [0.05, 0.1) is 24.8 Å². The van der Waals surface area contributed by atoms with Crippen LogP contribution in [0.25, 0.3) is 0 Å². The predicted octanol–water partition coefficient (Wildman–Crippen LogP) is 2.96. The first kappa shape index (κ1) is 21.0. The minimum Gasteiger partial charge on any atom is -0.493 e. The van der Waals surface area contributed by atoms with Crippen LogP contribution in [0.5, 0.6) is 11.5 Å². The fourth-order valence-corrected chi connectivity index (χ4v) is 3.62. The van der Waals surface area contributed by atoms with Crippen LogP contribution in [-0.4, -0.2) is 47.0 Å². The lowest BCUT2D eigenvalue weighted by molar-refractivity contribution is 0.0472. The van der Waals surface area contributed by atoms with Gasteiger partial charge in [0, 0.05) is 14.1 Å². The third-order valence-corrected chi connectivity index (χ3v) is 6.04. The number of ether oxygens (including phenoxy) is 3. The maximum Gasteiger partial charge on any atom is 0.338 e. The summed E-state index contributed by atoms with van der Waals surface area (Å²) in [6, 6.07) is 9.09. The van der Waals surface area contributed by atoms with Crippen molar-refractivity contribution in [2.45, 2.75) is 11.5 Å². The molecule has 0 saturated carbocycles. The Balaban J connectivity index is 2.20. The zero-order chi connectivity index (χ0) is 20.2. The number of benzene rings is 2. The summed E-state index contributed by atoms with van der Waals surface area (Å²) in [5, 5.41) is 0.0279. The molecule has 2 aromatic carbocycles. The molecule has 27 heavy (non-hydrogen) atoms. The van der Waals surface area contributed by atoms with Gasteiger partial charge in [-0.15, -0.1) is 0 Å². The Kier molecular flexibility index (Phi) is 6.69. The Morgan fingerprint density at radius 1 is 1.04 bits per heavy atom. The summed E-state index contributed by atoms with van der Waals surface area (Å²) in [6.07, 6.45) is 0. The highest BCUT2D eigenvalue weighted by atomic mass is 35.5. The quantitative estimate of drug-likeness (QED) is 0.649. The van der Waals surface area contributed by atoms with Gasteiger partial charge < -0.3 is 14.2 Å². The van der Waals surface area contributed by atoms with E-state index in [-0.39, 0.29) is 22.1 Å². The third-order valence-electron chi connectivity index (χ3n) is 3.74. The van der Waals surface area contributed by atoms with Gasteiger partial charge in [-0.2, -0.15) is 0 Å². The van der Waals surface area contributed by atoms with E-state index in [2.05, 4.69) is 0 Å². The standard InChI is InChI=1S/C18H20ClNO6S/c1-20(2)27(22,23)17-10-13(6-7-14(17)19)18(21)26-11-12-5-8-15(24-3)16(9-12)25-4/h5-10H,11H2,1-4H3. The molecule has 0 bridgehead atoms. The van der Waals surface area contributed by atoms with E-state index in [0.717, 1.165) is 4.31 Å². The van der Waals surface area contributed by atoms with Crippen molar-refractivity contribution in [1.82, 2.24) is 4.31 Å². The molecule has 0 fully saturated rings. The van der Waals surface area contributed by atoms with Crippen molar-refractivity contribution in [3.05, 3.63) is 52.5 Å². The molecule has 0 aliphatic rings. The number of esters is 1. The van der Waals surface area contributed by atoms with Crippen LogP contribution >= 0.6 is 11.6 Å². The molecule has 2 aromatic rings. The highest BCUT2D eigenvalue weighted by Gasteiger charge is 2.23. The molecule has 0 unspecified atom stereocenters. The maximum absolute atomic E-state index is 12.3. The number of hydrogen-bond acceptors (Lipinski definition) is 6. The molecule has 146 valence electrons. The SMILES string of the molecule is COc1ccc(COC(=O)c2ccc(Cl)c(S(=O)(=O)N(C)C)c2)cc1OC. The molecule has 0 amide bonds. The number of hydrogen-bond donors (Lipinski definition) is 0. The predicted molar refractivity (Wildman–Crippen MR) is 101 cm³/mol. The fourth-order valence-electron chi connectivity index (χ4n) is 2.23. The van der Waals surface area contributed by atoms with Crippen LogP contribution in [0.15, 0.2) is 41.3 Å². The number of sulfonamides is 1. The van der Waals surface area contributed by atoms with Crippen molar-refractivity contribution < 1.29 is 27.4 Å². The van der Waals surface area contributed by atoms with E-state index < -0.39 is 16.0 Å². The molecule has 0 heterocycles. The molecule has 0 radical (unpaired) electrons.